The van der Waals surface area contributed by atoms with E-state index in [-0.39, 0.29) is 24.4 Å². The number of halogens is 1. The zero-order chi connectivity index (χ0) is 15.9. The number of nitrogens with zero attached hydrogens (tertiary/aromatic N) is 1. The van der Waals surface area contributed by atoms with Crippen LogP contribution >= 0.6 is 0 Å². The summed E-state index contributed by atoms with van der Waals surface area (Å²) in [6, 6.07) is 5.93. The first-order valence-corrected chi connectivity index (χ1v) is 7.89. The van der Waals surface area contributed by atoms with E-state index in [1.54, 1.807) is 6.07 Å². The van der Waals surface area contributed by atoms with E-state index in [0.717, 1.165) is 25.7 Å². The molecule has 5 heteroatoms. The number of benzene rings is 1. The van der Waals surface area contributed by atoms with Crippen LogP contribution in [-0.2, 0) is 9.59 Å². The number of hydrogen-bond donors (Lipinski definition) is 1. The molecule has 1 fully saturated rings. The van der Waals surface area contributed by atoms with Gasteiger partial charge in [0, 0.05) is 18.7 Å². The van der Waals surface area contributed by atoms with E-state index < -0.39 is 5.82 Å². The molecule has 4 nitrogen and oxygen atoms in total. The van der Waals surface area contributed by atoms with E-state index in [1.165, 1.54) is 42.9 Å². The van der Waals surface area contributed by atoms with Gasteiger partial charge in [0.25, 0.3) is 0 Å². The number of carbonyl (C=O) groups excluding carboxylic acids is 2. The highest BCUT2D eigenvalue weighted by molar-refractivity contribution is 5.97. The van der Waals surface area contributed by atoms with Crippen LogP contribution in [0.4, 0.5) is 10.1 Å². The Morgan fingerprint density at radius 3 is 2.50 bits per heavy atom. The highest BCUT2D eigenvalue weighted by Gasteiger charge is 2.19. The third-order valence-corrected chi connectivity index (χ3v) is 4.02. The van der Waals surface area contributed by atoms with Gasteiger partial charge in [-0.05, 0) is 31.0 Å². The Labute approximate surface area is 130 Å². The Kier molecular flexibility index (Phi) is 5.92. The summed E-state index contributed by atoms with van der Waals surface area (Å²) in [6.45, 7) is 1.30. The number of nitrogens with one attached hydrogen (secondary N) is 1. The van der Waals surface area contributed by atoms with E-state index in [1.807, 2.05) is 0 Å². The Hall–Kier alpha value is -1.91. The first-order valence-electron chi connectivity index (χ1n) is 7.89. The van der Waals surface area contributed by atoms with Gasteiger partial charge < -0.3 is 10.2 Å². The molecule has 0 bridgehead atoms. The van der Waals surface area contributed by atoms with Gasteiger partial charge in [-0.3, -0.25) is 9.59 Å². The second kappa shape index (κ2) is 7.92. The summed E-state index contributed by atoms with van der Waals surface area (Å²) < 4.78 is 13.3. The van der Waals surface area contributed by atoms with Crippen molar-refractivity contribution >= 4 is 17.5 Å². The average molecular weight is 306 g/mol. The molecule has 0 saturated heterocycles. The molecule has 120 valence electrons. The Morgan fingerprint density at radius 1 is 1.23 bits per heavy atom. The number of amides is 2. The Balaban J connectivity index is 1.98. The molecule has 1 N–H and O–H groups in total. The van der Waals surface area contributed by atoms with Crippen molar-refractivity contribution in [3.05, 3.63) is 30.1 Å². The zero-order valence-electron chi connectivity index (χ0n) is 13.0. The SMILES string of the molecule is CC(=O)N(CC(=O)NC1CCCCCC1)c1cccc(F)c1. The molecule has 1 aromatic carbocycles. The van der Waals surface area contributed by atoms with Gasteiger partial charge in [0.05, 0.1) is 0 Å². The Morgan fingerprint density at radius 2 is 1.91 bits per heavy atom. The molecular weight excluding hydrogens is 283 g/mol. The highest BCUT2D eigenvalue weighted by Crippen LogP contribution is 2.18. The first-order chi connectivity index (χ1) is 10.6. The van der Waals surface area contributed by atoms with Crippen molar-refractivity contribution in [1.82, 2.24) is 5.32 Å². The van der Waals surface area contributed by atoms with Crippen molar-refractivity contribution in [1.29, 1.82) is 0 Å². The second-order valence-electron chi connectivity index (χ2n) is 5.84. The molecule has 1 aliphatic carbocycles. The van der Waals surface area contributed by atoms with E-state index in [2.05, 4.69) is 5.32 Å². The minimum Gasteiger partial charge on any atom is -0.352 e. The molecular formula is C17H23FN2O2. The highest BCUT2D eigenvalue weighted by atomic mass is 19.1. The molecule has 1 aromatic rings. The molecule has 0 unspecified atom stereocenters. The smallest absolute Gasteiger partial charge is 0.240 e. The minimum atomic E-state index is -0.423. The summed E-state index contributed by atoms with van der Waals surface area (Å²) in [5.41, 5.74) is 0.406. The maximum Gasteiger partial charge on any atom is 0.240 e. The van der Waals surface area contributed by atoms with Crippen LogP contribution in [0.5, 0.6) is 0 Å². The van der Waals surface area contributed by atoms with E-state index in [4.69, 9.17) is 0 Å². The first kappa shape index (κ1) is 16.5. The molecule has 2 amide bonds. The predicted octanol–water partition coefficient (Wildman–Crippen LogP) is 3.02. The van der Waals surface area contributed by atoms with Crippen LogP contribution < -0.4 is 10.2 Å². The fourth-order valence-corrected chi connectivity index (χ4v) is 2.87. The zero-order valence-corrected chi connectivity index (χ0v) is 13.0. The van der Waals surface area contributed by atoms with Gasteiger partial charge in [0.2, 0.25) is 11.8 Å². The van der Waals surface area contributed by atoms with Crippen molar-refractivity contribution in [2.75, 3.05) is 11.4 Å². The van der Waals surface area contributed by atoms with Crippen LogP contribution in [0.2, 0.25) is 0 Å². The van der Waals surface area contributed by atoms with E-state index >= 15 is 0 Å². The summed E-state index contributed by atoms with van der Waals surface area (Å²) in [4.78, 5) is 25.3. The lowest BCUT2D eigenvalue weighted by Gasteiger charge is -2.23. The molecule has 22 heavy (non-hydrogen) atoms. The number of rotatable bonds is 4. The van der Waals surface area contributed by atoms with Crippen LogP contribution in [0, 0.1) is 5.82 Å². The molecule has 0 radical (unpaired) electrons. The van der Waals surface area contributed by atoms with Crippen molar-refractivity contribution in [2.45, 2.75) is 51.5 Å². The molecule has 0 spiro atoms. The van der Waals surface area contributed by atoms with Gasteiger partial charge in [0.15, 0.2) is 0 Å². The van der Waals surface area contributed by atoms with Crippen molar-refractivity contribution < 1.29 is 14.0 Å². The maximum absolute atomic E-state index is 13.3. The molecule has 0 aliphatic heterocycles. The lowest BCUT2D eigenvalue weighted by Crippen LogP contribution is -2.43. The molecule has 0 atom stereocenters. The molecule has 0 aromatic heterocycles. The van der Waals surface area contributed by atoms with Crippen molar-refractivity contribution in [3.8, 4) is 0 Å². The number of carbonyl (C=O) groups is 2. The van der Waals surface area contributed by atoms with Gasteiger partial charge in [-0.1, -0.05) is 31.7 Å². The van der Waals surface area contributed by atoms with E-state index in [9.17, 15) is 14.0 Å². The van der Waals surface area contributed by atoms with Gasteiger partial charge in [0.1, 0.15) is 12.4 Å². The Bertz CT molecular complexity index is 525. The third-order valence-electron chi connectivity index (χ3n) is 4.02. The molecule has 0 heterocycles. The maximum atomic E-state index is 13.3. The fraction of sp³-hybridized carbons (Fsp3) is 0.529. The fourth-order valence-electron chi connectivity index (χ4n) is 2.87. The lowest BCUT2D eigenvalue weighted by molar-refractivity contribution is -0.123. The molecule has 1 aliphatic rings. The number of hydrogen-bond acceptors (Lipinski definition) is 2. The van der Waals surface area contributed by atoms with Crippen LogP contribution in [0.25, 0.3) is 0 Å². The summed E-state index contributed by atoms with van der Waals surface area (Å²) in [5.74, 6) is -0.888. The number of anilines is 1. The quantitative estimate of drug-likeness (QED) is 0.869. The largest absolute Gasteiger partial charge is 0.352 e. The van der Waals surface area contributed by atoms with Gasteiger partial charge >= 0.3 is 0 Å². The predicted molar refractivity (Wildman–Crippen MR) is 84.1 cm³/mol. The van der Waals surface area contributed by atoms with E-state index in [0.29, 0.717) is 5.69 Å². The van der Waals surface area contributed by atoms with Crippen molar-refractivity contribution in [2.24, 2.45) is 0 Å². The standard InChI is InChI=1S/C17H23FN2O2/c1-13(21)20(16-10-6-7-14(18)11-16)12-17(22)19-15-8-4-2-3-5-9-15/h6-7,10-11,15H,2-5,8-9,12H2,1H3,(H,19,22). The van der Waals surface area contributed by atoms with Gasteiger partial charge in [-0.25, -0.2) is 4.39 Å². The average Bonchev–Trinajstić information content (AvgIpc) is 2.73. The minimum absolute atomic E-state index is 0.0741. The second-order valence-corrected chi connectivity index (χ2v) is 5.84. The van der Waals surface area contributed by atoms with Crippen LogP contribution in [-0.4, -0.2) is 24.4 Å². The summed E-state index contributed by atoms with van der Waals surface area (Å²) in [6.07, 6.45) is 6.68. The normalized spacial score (nSPS) is 15.9. The van der Waals surface area contributed by atoms with Gasteiger partial charge in [-0.15, -0.1) is 0 Å². The van der Waals surface area contributed by atoms with Crippen LogP contribution in [0.15, 0.2) is 24.3 Å². The molecule has 2 rings (SSSR count). The lowest BCUT2D eigenvalue weighted by atomic mass is 10.1. The monoisotopic (exact) mass is 306 g/mol. The third kappa shape index (κ3) is 4.83. The van der Waals surface area contributed by atoms with Crippen LogP contribution in [0.1, 0.15) is 45.4 Å². The van der Waals surface area contributed by atoms with Crippen LogP contribution in [0.3, 0.4) is 0 Å². The van der Waals surface area contributed by atoms with Crippen molar-refractivity contribution in [3.63, 3.8) is 0 Å². The molecule has 1 saturated carbocycles. The summed E-state index contributed by atoms with van der Waals surface area (Å²) >= 11 is 0. The topological polar surface area (TPSA) is 49.4 Å². The summed E-state index contributed by atoms with van der Waals surface area (Å²) in [7, 11) is 0. The van der Waals surface area contributed by atoms with Gasteiger partial charge in [-0.2, -0.15) is 0 Å². The summed E-state index contributed by atoms with van der Waals surface area (Å²) in [5, 5.41) is 3.00.